The Kier molecular flexibility index (Phi) is 6.85. The minimum absolute atomic E-state index is 0.0342. The number of thioether (sulfide) groups is 2. The molecule has 1 heterocycles. The highest BCUT2D eigenvalue weighted by Crippen LogP contribution is 2.30. The van der Waals surface area contributed by atoms with Gasteiger partial charge in [0.2, 0.25) is 0 Å². The maximum absolute atomic E-state index is 12.3. The van der Waals surface area contributed by atoms with Crippen molar-refractivity contribution in [3.8, 4) is 0 Å². The first-order valence-corrected chi connectivity index (χ1v) is 11.4. The molecule has 10 heteroatoms. The molecule has 1 aromatic heterocycles. The monoisotopic (exact) mass is 414 g/mol. The summed E-state index contributed by atoms with van der Waals surface area (Å²) in [6.45, 7) is 2.04. The van der Waals surface area contributed by atoms with Crippen molar-refractivity contribution in [2.75, 3.05) is 17.3 Å². The molecule has 2 rings (SSSR count). The maximum Gasteiger partial charge on any atom is 0.180 e. The van der Waals surface area contributed by atoms with E-state index in [4.69, 9.17) is 23.2 Å². The Bertz CT molecular complexity index is 749. The number of aromatic nitrogens is 2. The number of hydrogen-bond acceptors (Lipinski definition) is 7. The summed E-state index contributed by atoms with van der Waals surface area (Å²) in [5.74, 6) is 1.28. The number of nitrogens with zero attached hydrogens (tertiary/aromatic N) is 2. The van der Waals surface area contributed by atoms with Crippen LogP contribution >= 0.6 is 58.1 Å². The first-order chi connectivity index (χ1) is 10.4. The van der Waals surface area contributed by atoms with Gasteiger partial charge in [-0.05, 0) is 24.0 Å². The largest absolute Gasteiger partial charge is 0.224 e. The van der Waals surface area contributed by atoms with Crippen LogP contribution in [-0.2, 0) is 9.84 Å². The van der Waals surface area contributed by atoms with Crippen LogP contribution in [0, 0.1) is 0 Å². The molecule has 1 aromatic carbocycles. The summed E-state index contributed by atoms with van der Waals surface area (Å²) < 4.78 is 26.3. The molecule has 0 saturated heterocycles. The Morgan fingerprint density at radius 1 is 1.18 bits per heavy atom. The van der Waals surface area contributed by atoms with E-state index in [1.54, 1.807) is 17.8 Å². The zero-order valence-electron chi connectivity index (χ0n) is 11.5. The van der Waals surface area contributed by atoms with Gasteiger partial charge in [0, 0.05) is 10.8 Å². The Balaban J connectivity index is 1.99. The molecule has 22 heavy (non-hydrogen) atoms. The molecule has 0 spiro atoms. The third-order valence-electron chi connectivity index (χ3n) is 2.46. The van der Waals surface area contributed by atoms with Crippen LogP contribution in [0.5, 0.6) is 0 Å². The molecular formula is C12H12Cl2N2O2S4. The van der Waals surface area contributed by atoms with Crippen molar-refractivity contribution in [3.05, 3.63) is 28.2 Å². The van der Waals surface area contributed by atoms with Crippen LogP contribution < -0.4 is 0 Å². The van der Waals surface area contributed by atoms with E-state index >= 15 is 0 Å². The Labute approximate surface area is 151 Å². The predicted octanol–water partition coefficient (Wildman–Crippen LogP) is 4.52. The minimum Gasteiger partial charge on any atom is -0.224 e. The zero-order valence-corrected chi connectivity index (χ0v) is 16.2. The molecule has 0 saturated carbocycles. The van der Waals surface area contributed by atoms with Crippen LogP contribution in [0.4, 0.5) is 0 Å². The van der Waals surface area contributed by atoms with Crippen LogP contribution in [0.25, 0.3) is 0 Å². The molecule has 0 aliphatic heterocycles. The zero-order chi connectivity index (χ0) is 16.2. The molecule has 0 aliphatic carbocycles. The molecule has 0 radical (unpaired) electrons. The van der Waals surface area contributed by atoms with E-state index in [1.165, 1.54) is 35.2 Å². The fourth-order valence-corrected chi connectivity index (χ4v) is 6.95. The van der Waals surface area contributed by atoms with Gasteiger partial charge in [-0.15, -0.1) is 10.2 Å². The molecular weight excluding hydrogens is 403 g/mol. The summed E-state index contributed by atoms with van der Waals surface area (Å²) in [4.78, 5) is 0.0711. The molecule has 0 bridgehead atoms. The van der Waals surface area contributed by atoms with E-state index in [1.807, 2.05) is 6.92 Å². The molecule has 0 atom stereocenters. The number of rotatable bonds is 7. The molecule has 0 aliphatic rings. The fourth-order valence-electron chi connectivity index (χ4n) is 1.50. The van der Waals surface area contributed by atoms with Gasteiger partial charge < -0.3 is 0 Å². The van der Waals surface area contributed by atoms with E-state index in [0.29, 0.717) is 10.8 Å². The van der Waals surface area contributed by atoms with Gasteiger partial charge in [-0.3, -0.25) is 0 Å². The van der Waals surface area contributed by atoms with Crippen LogP contribution in [0.15, 0.2) is 31.8 Å². The first kappa shape index (κ1) is 18.4. The van der Waals surface area contributed by atoms with Crippen molar-refractivity contribution in [1.29, 1.82) is 0 Å². The molecule has 0 fully saturated rings. The van der Waals surface area contributed by atoms with Crippen molar-refractivity contribution >= 4 is 67.9 Å². The third kappa shape index (κ3) is 5.01. The molecule has 4 nitrogen and oxygen atoms in total. The highest BCUT2D eigenvalue weighted by molar-refractivity contribution is 8.03. The van der Waals surface area contributed by atoms with Gasteiger partial charge in [0.15, 0.2) is 18.5 Å². The highest BCUT2D eigenvalue weighted by Gasteiger charge is 2.19. The van der Waals surface area contributed by atoms with Gasteiger partial charge in [0.1, 0.15) is 0 Å². The van der Waals surface area contributed by atoms with Crippen LogP contribution in [0.3, 0.4) is 0 Å². The summed E-state index contributed by atoms with van der Waals surface area (Å²) >= 11 is 16.2. The number of hydrogen-bond donors (Lipinski definition) is 0. The lowest BCUT2D eigenvalue weighted by molar-refractivity contribution is 0.597. The van der Waals surface area contributed by atoms with Crippen LogP contribution in [0.2, 0.25) is 10.0 Å². The second-order valence-electron chi connectivity index (χ2n) is 4.01. The Morgan fingerprint density at radius 2 is 1.86 bits per heavy atom. The smallest absolute Gasteiger partial charge is 0.180 e. The van der Waals surface area contributed by atoms with Crippen LogP contribution in [-0.4, -0.2) is 35.9 Å². The molecule has 120 valence electrons. The maximum atomic E-state index is 12.3. The summed E-state index contributed by atoms with van der Waals surface area (Å²) in [5, 5.41) is 8.59. The second-order valence-corrected chi connectivity index (χ2v) is 10.8. The second kappa shape index (κ2) is 8.21. The van der Waals surface area contributed by atoms with Crippen LogP contribution in [0.1, 0.15) is 6.92 Å². The fraction of sp³-hybridized carbons (Fsp3) is 0.333. The summed E-state index contributed by atoms with van der Waals surface area (Å²) in [7, 11) is -3.47. The quantitative estimate of drug-likeness (QED) is 0.620. The number of sulfone groups is 1. The topological polar surface area (TPSA) is 59.9 Å². The van der Waals surface area contributed by atoms with Crippen molar-refractivity contribution in [3.63, 3.8) is 0 Å². The average molecular weight is 415 g/mol. The lowest BCUT2D eigenvalue weighted by Gasteiger charge is -2.06. The van der Waals surface area contributed by atoms with E-state index in [0.717, 1.165) is 14.4 Å². The lowest BCUT2D eigenvalue weighted by atomic mass is 10.4. The van der Waals surface area contributed by atoms with Gasteiger partial charge >= 0.3 is 0 Å². The third-order valence-corrected chi connectivity index (χ3v) is 8.22. The lowest BCUT2D eigenvalue weighted by Crippen LogP contribution is -2.09. The Morgan fingerprint density at radius 3 is 2.55 bits per heavy atom. The standard InChI is InChI=1S/C12H12Cl2N2O2S4/c1-2-19-11-15-16-12(21-11)20-5-6-22(17,18)10-7-8(13)3-4-9(10)14/h3-4,7H,2,5-6H2,1H3. The van der Waals surface area contributed by atoms with Gasteiger partial charge in [-0.25, -0.2) is 8.42 Å². The number of benzene rings is 1. The molecule has 2 aromatic rings. The van der Waals surface area contributed by atoms with Crippen molar-refractivity contribution in [2.45, 2.75) is 20.5 Å². The summed E-state index contributed by atoms with van der Waals surface area (Å²) in [5.41, 5.74) is 0. The van der Waals surface area contributed by atoms with Gasteiger partial charge in [0.25, 0.3) is 0 Å². The van der Waals surface area contributed by atoms with Crippen molar-refractivity contribution in [1.82, 2.24) is 10.2 Å². The average Bonchev–Trinajstić information content (AvgIpc) is 2.89. The Hall–Kier alpha value is 0.01000. The summed E-state index contributed by atoms with van der Waals surface area (Å²) in [6, 6.07) is 4.43. The molecule has 0 unspecified atom stereocenters. The van der Waals surface area contributed by atoms with Gasteiger partial charge in [-0.2, -0.15) is 0 Å². The first-order valence-electron chi connectivity index (χ1n) is 6.19. The normalized spacial score (nSPS) is 11.8. The SMILES string of the molecule is CCSc1nnc(SCCS(=O)(=O)c2cc(Cl)ccc2Cl)s1. The van der Waals surface area contributed by atoms with E-state index in [9.17, 15) is 8.42 Å². The predicted molar refractivity (Wildman–Crippen MR) is 95.5 cm³/mol. The van der Waals surface area contributed by atoms with E-state index in [-0.39, 0.29) is 15.7 Å². The van der Waals surface area contributed by atoms with E-state index in [2.05, 4.69) is 10.2 Å². The molecule has 0 amide bonds. The highest BCUT2D eigenvalue weighted by atomic mass is 35.5. The van der Waals surface area contributed by atoms with E-state index < -0.39 is 9.84 Å². The minimum atomic E-state index is -3.47. The van der Waals surface area contributed by atoms with Crippen molar-refractivity contribution in [2.24, 2.45) is 0 Å². The number of halogens is 2. The van der Waals surface area contributed by atoms with Gasteiger partial charge in [0.05, 0.1) is 15.7 Å². The van der Waals surface area contributed by atoms with Gasteiger partial charge in [-0.1, -0.05) is 65.0 Å². The molecule has 0 N–H and O–H groups in total. The summed E-state index contributed by atoms with van der Waals surface area (Å²) in [6.07, 6.45) is 0. The van der Waals surface area contributed by atoms with Crippen molar-refractivity contribution < 1.29 is 8.42 Å².